The molecule has 0 bridgehead atoms. The zero-order chi connectivity index (χ0) is 23.5. The molecule has 1 fully saturated rings. The van der Waals surface area contributed by atoms with Crippen LogP contribution in [0.3, 0.4) is 0 Å². The first kappa shape index (κ1) is 20.1. The van der Waals surface area contributed by atoms with Crippen molar-refractivity contribution in [3.8, 4) is 11.6 Å². The summed E-state index contributed by atoms with van der Waals surface area (Å²) in [6.07, 6.45) is 8.01. The van der Waals surface area contributed by atoms with Crippen LogP contribution in [0.4, 0.5) is 0 Å². The van der Waals surface area contributed by atoms with E-state index in [0.29, 0.717) is 30.3 Å². The van der Waals surface area contributed by atoms with Crippen molar-refractivity contribution in [3.05, 3.63) is 89.2 Å². The van der Waals surface area contributed by atoms with Crippen LogP contribution in [-0.4, -0.2) is 46.9 Å². The smallest absolute Gasteiger partial charge is 0.292 e. The van der Waals surface area contributed by atoms with Gasteiger partial charge in [0.15, 0.2) is 0 Å². The Labute approximate surface area is 200 Å². The molecule has 1 saturated carbocycles. The third-order valence-corrected chi connectivity index (χ3v) is 6.89. The average Bonchev–Trinajstić information content (AvgIpc) is 3.28. The number of fused-ring (bicyclic) bond motifs is 2. The maximum Gasteiger partial charge on any atom is 0.292 e. The Morgan fingerprint density at radius 3 is 2.86 bits per heavy atom. The van der Waals surface area contributed by atoms with Gasteiger partial charge in [0, 0.05) is 37.0 Å². The summed E-state index contributed by atoms with van der Waals surface area (Å²) in [7, 11) is 0. The highest BCUT2D eigenvalue weighted by atomic mass is 16.4. The summed E-state index contributed by atoms with van der Waals surface area (Å²) in [4.78, 5) is 32.8. The lowest BCUT2D eigenvalue weighted by Gasteiger charge is -2.33. The van der Waals surface area contributed by atoms with E-state index in [1.165, 1.54) is 0 Å². The van der Waals surface area contributed by atoms with Crippen molar-refractivity contribution in [1.82, 2.24) is 34.4 Å². The average molecular weight is 466 g/mol. The Balaban J connectivity index is 1.34. The van der Waals surface area contributed by atoms with Crippen LogP contribution in [-0.2, 0) is 6.42 Å². The Morgan fingerprint density at radius 2 is 2.06 bits per heavy atom. The maximum absolute atomic E-state index is 14.1. The summed E-state index contributed by atoms with van der Waals surface area (Å²) >= 11 is 0. The van der Waals surface area contributed by atoms with Crippen molar-refractivity contribution in [2.45, 2.75) is 38.1 Å². The van der Waals surface area contributed by atoms with Crippen LogP contribution in [0.15, 0.2) is 59.5 Å². The summed E-state index contributed by atoms with van der Waals surface area (Å²) in [6, 6.07) is 11.2. The quantitative estimate of drug-likeness (QED) is 0.429. The molecule has 5 aromatic rings. The second-order valence-electron chi connectivity index (χ2n) is 9.23. The normalized spacial score (nSPS) is 17.6. The first-order chi connectivity index (χ1) is 17.2. The van der Waals surface area contributed by atoms with Gasteiger partial charge in [-0.25, -0.2) is 14.5 Å². The van der Waals surface area contributed by atoms with Crippen molar-refractivity contribution in [3.63, 3.8) is 0 Å². The van der Waals surface area contributed by atoms with Crippen LogP contribution in [0, 0.1) is 6.92 Å². The van der Waals surface area contributed by atoms with Crippen molar-refractivity contribution in [2.24, 2.45) is 0 Å². The fourth-order valence-corrected chi connectivity index (χ4v) is 4.95. The van der Waals surface area contributed by atoms with Crippen molar-refractivity contribution < 1.29 is 9.21 Å². The molecule has 6 heterocycles. The lowest BCUT2D eigenvalue weighted by Crippen LogP contribution is -2.41. The summed E-state index contributed by atoms with van der Waals surface area (Å²) in [5, 5.41) is 4.84. The highest BCUT2D eigenvalue weighted by Gasteiger charge is 2.41. The van der Waals surface area contributed by atoms with E-state index in [9.17, 15) is 4.79 Å². The number of pyridine rings is 2. The van der Waals surface area contributed by atoms with Gasteiger partial charge in [-0.05, 0) is 49.6 Å². The second-order valence-corrected chi connectivity index (χ2v) is 9.23. The van der Waals surface area contributed by atoms with Gasteiger partial charge in [0.05, 0.1) is 28.9 Å². The Morgan fingerprint density at radius 1 is 1.14 bits per heavy atom. The molecule has 1 aliphatic heterocycles. The Hall–Kier alpha value is -4.27. The number of carbonyl (C=O) groups is 1. The minimum absolute atomic E-state index is 0.186. The van der Waals surface area contributed by atoms with E-state index in [-0.39, 0.29) is 11.8 Å². The summed E-state index contributed by atoms with van der Waals surface area (Å²) in [6.45, 7) is 2.58. The van der Waals surface area contributed by atoms with Gasteiger partial charge in [-0.1, -0.05) is 12.1 Å². The summed E-state index contributed by atoms with van der Waals surface area (Å²) in [5.74, 6) is 0.747. The molecule has 174 valence electrons. The first-order valence-corrected chi connectivity index (χ1v) is 11.9. The predicted octanol–water partition coefficient (Wildman–Crippen LogP) is 4.08. The molecule has 35 heavy (non-hydrogen) atoms. The number of nitrogens with zero attached hydrogens (tertiary/aromatic N) is 6. The van der Waals surface area contributed by atoms with E-state index in [4.69, 9.17) is 14.5 Å². The number of aromatic amines is 1. The fraction of sp³-hybridized carbons (Fsp3) is 0.269. The van der Waals surface area contributed by atoms with E-state index in [1.54, 1.807) is 12.5 Å². The molecular formula is C26H23N7O2. The molecule has 2 aliphatic rings. The maximum atomic E-state index is 14.1. The van der Waals surface area contributed by atoms with Crippen molar-refractivity contribution in [2.75, 3.05) is 6.54 Å². The number of imidazole rings is 1. The zero-order valence-electron chi connectivity index (χ0n) is 19.2. The third kappa shape index (κ3) is 3.26. The number of H-pyrrole nitrogens is 1. The molecule has 1 amide bonds. The zero-order valence-corrected chi connectivity index (χ0v) is 19.2. The molecular weight excluding hydrogens is 442 g/mol. The number of hydrogen-bond donors (Lipinski definition) is 1. The molecule has 1 N–H and O–H groups in total. The number of oxazole rings is 1. The van der Waals surface area contributed by atoms with Gasteiger partial charge in [-0.3, -0.25) is 9.78 Å². The van der Waals surface area contributed by atoms with Crippen molar-refractivity contribution >= 4 is 11.4 Å². The van der Waals surface area contributed by atoms with Crippen LogP contribution in [0.1, 0.15) is 63.7 Å². The van der Waals surface area contributed by atoms with E-state index < -0.39 is 6.04 Å². The van der Waals surface area contributed by atoms with Gasteiger partial charge >= 0.3 is 0 Å². The SMILES string of the molecule is Cc1cccn2nc(C3c4nc[nH]c4CCN3C(=O)c3oc(-c4ccccn4)nc3C3CC3)cc12. The molecule has 9 nitrogen and oxygen atoms in total. The lowest BCUT2D eigenvalue weighted by atomic mass is 9.99. The molecule has 0 aromatic carbocycles. The summed E-state index contributed by atoms with van der Waals surface area (Å²) < 4.78 is 7.99. The standard InChI is InChI=1S/C26H23N7O2/c1-15-5-4-11-33-20(15)13-19(31-33)23-22-17(28-14-29-22)9-12-32(23)26(34)24-21(16-7-8-16)30-25(35-24)18-6-2-3-10-27-18/h2-6,10-11,13-14,16,23H,7-9,12H2,1H3,(H,28,29). The minimum atomic E-state index is -0.424. The largest absolute Gasteiger partial charge is 0.429 e. The fourth-order valence-electron chi connectivity index (χ4n) is 4.95. The molecule has 0 spiro atoms. The number of aromatic nitrogens is 6. The van der Waals surface area contributed by atoms with E-state index in [1.807, 2.05) is 45.9 Å². The number of rotatable bonds is 4. The molecule has 9 heteroatoms. The summed E-state index contributed by atoms with van der Waals surface area (Å²) in [5.41, 5.74) is 6.10. The van der Waals surface area contributed by atoms with Gasteiger partial charge in [0.1, 0.15) is 11.7 Å². The van der Waals surface area contributed by atoms with Crippen LogP contribution >= 0.6 is 0 Å². The van der Waals surface area contributed by atoms with Crippen molar-refractivity contribution in [1.29, 1.82) is 0 Å². The minimum Gasteiger partial charge on any atom is -0.429 e. The second kappa shape index (κ2) is 7.63. The number of aryl methyl sites for hydroxylation is 1. The molecule has 0 saturated heterocycles. The molecule has 1 unspecified atom stereocenters. The van der Waals surface area contributed by atoms with Gasteiger partial charge in [-0.2, -0.15) is 5.10 Å². The molecule has 0 radical (unpaired) electrons. The topological polar surface area (TPSA) is 105 Å². The van der Waals surface area contributed by atoms with Crippen LogP contribution in [0.25, 0.3) is 17.1 Å². The number of amides is 1. The van der Waals surface area contributed by atoms with E-state index in [2.05, 4.69) is 27.9 Å². The first-order valence-electron chi connectivity index (χ1n) is 11.9. The van der Waals surface area contributed by atoms with E-state index in [0.717, 1.165) is 46.7 Å². The molecule has 1 aliphatic carbocycles. The van der Waals surface area contributed by atoms with Gasteiger partial charge in [0.2, 0.25) is 11.7 Å². The van der Waals surface area contributed by atoms with Crippen LogP contribution in [0.2, 0.25) is 0 Å². The monoisotopic (exact) mass is 465 g/mol. The number of hydrogen-bond acceptors (Lipinski definition) is 6. The Kier molecular flexibility index (Phi) is 4.39. The van der Waals surface area contributed by atoms with Gasteiger partial charge in [-0.15, -0.1) is 0 Å². The van der Waals surface area contributed by atoms with Crippen LogP contribution in [0.5, 0.6) is 0 Å². The highest BCUT2D eigenvalue weighted by Crippen LogP contribution is 2.43. The number of carbonyl (C=O) groups excluding carboxylic acids is 1. The number of nitrogens with one attached hydrogen (secondary N) is 1. The van der Waals surface area contributed by atoms with E-state index >= 15 is 0 Å². The van der Waals surface area contributed by atoms with Gasteiger partial charge < -0.3 is 14.3 Å². The molecule has 7 rings (SSSR count). The van der Waals surface area contributed by atoms with Crippen LogP contribution < -0.4 is 0 Å². The van der Waals surface area contributed by atoms with Gasteiger partial charge in [0.25, 0.3) is 5.91 Å². The Bertz CT molecular complexity index is 1560. The highest BCUT2D eigenvalue weighted by molar-refractivity contribution is 5.94. The molecule has 5 aromatic heterocycles. The molecule has 1 atom stereocenters. The lowest BCUT2D eigenvalue weighted by molar-refractivity contribution is 0.0653. The third-order valence-electron chi connectivity index (χ3n) is 6.89. The predicted molar refractivity (Wildman–Crippen MR) is 127 cm³/mol.